The fourth-order valence-electron chi connectivity index (χ4n) is 2.46. The lowest BCUT2D eigenvalue weighted by molar-refractivity contribution is 0.0997. The molecule has 0 aliphatic heterocycles. The van der Waals surface area contributed by atoms with Crippen LogP contribution in [0.2, 0.25) is 10.0 Å². The molecule has 3 rings (SSSR count). The number of aromatic nitrogens is 1. The number of sulfonamides is 1. The summed E-state index contributed by atoms with van der Waals surface area (Å²) in [6.45, 7) is -0.0522. The minimum Gasteiger partial charge on any atom is -0.471 e. The molecule has 0 aliphatic carbocycles. The minimum absolute atomic E-state index is 0.00639. The summed E-state index contributed by atoms with van der Waals surface area (Å²) in [6.07, 6.45) is 1.32. The van der Waals surface area contributed by atoms with Gasteiger partial charge in [0.15, 0.2) is 0 Å². The molecule has 1 heterocycles. The van der Waals surface area contributed by atoms with Crippen LogP contribution in [0.4, 0.5) is 5.69 Å². The standard InChI is InChI=1S/C19H15Cl2N3O4S/c20-13-5-7-15(8-6-13)29(26,27)24-17-9-14(21)10-23-19(17)28-11-12-3-1-2-4-16(12)18(22)25/h1-10,24H,11H2,(H2,22,25). The molecule has 0 aliphatic rings. The summed E-state index contributed by atoms with van der Waals surface area (Å²) >= 11 is 11.8. The van der Waals surface area contributed by atoms with Gasteiger partial charge in [0.2, 0.25) is 11.8 Å². The highest BCUT2D eigenvalue weighted by atomic mass is 35.5. The molecule has 0 fully saturated rings. The number of primary amides is 1. The van der Waals surface area contributed by atoms with Crippen molar-refractivity contribution in [2.24, 2.45) is 5.73 Å². The predicted octanol–water partition coefficient (Wildman–Crippen LogP) is 3.87. The highest BCUT2D eigenvalue weighted by Gasteiger charge is 2.18. The highest BCUT2D eigenvalue weighted by molar-refractivity contribution is 7.92. The van der Waals surface area contributed by atoms with E-state index in [0.29, 0.717) is 16.1 Å². The smallest absolute Gasteiger partial charge is 0.262 e. The van der Waals surface area contributed by atoms with Crippen LogP contribution in [0.25, 0.3) is 0 Å². The van der Waals surface area contributed by atoms with Gasteiger partial charge in [-0.1, -0.05) is 41.4 Å². The van der Waals surface area contributed by atoms with Crippen LogP contribution in [0.15, 0.2) is 65.7 Å². The molecule has 7 nitrogen and oxygen atoms in total. The number of pyridine rings is 1. The summed E-state index contributed by atoms with van der Waals surface area (Å²) in [5, 5.41) is 0.620. The van der Waals surface area contributed by atoms with E-state index in [4.69, 9.17) is 33.7 Å². The molecule has 150 valence electrons. The average Bonchev–Trinajstić information content (AvgIpc) is 2.67. The first-order valence-electron chi connectivity index (χ1n) is 8.21. The van der Waals surface area contributed by atoms with Gasteiger partial charge in [-0.3, -0.25) is 9.52 Å². The number of carbonyl (C=O) groups is 1. The molecule has 1 amide bonds. The zero-order valence-corrected chi connectivity index (χ0v) is 17.1. The number of benzene rings is 2. The van der Waals surface area contributed by atoms with Gasteiger partial charge in [0.1, 0.15) is 12.3 Å². The van der Waals surface area contributed by atoms with Gasteiger partial charge in [0.25, 0.3) is 10.0 Å². The normalized spacial score (nSPS) is 11.1. The number of carbonyl (C=O) groups excluding carboxylic acids is 1. The van der Waals surface area contributed by atoms with E-state index in [-0.39, 0.29) is 28.1 Å². The van der Waals surface area contributed by atoms with E-state index in [1.165, 1.54) is 36.5 Å². The van der Waals surface area contributed by atoms with Crippen molar-refractivity contribution in [3.63, 3.8) is 0 Å². The SMILES string of the molecule is NC(=O)c1ccccc1COc1ncc(Cl)cc1NS(=O)(=O)c1ccc(Cl)cc1. The van der Waals surface area contributed by atoms with Gasteiger partial charge < -0.3 is 10.5 Å². The van der Waals surface area contributed by atoms with Crippen LogP contribution in [-0.4, -0.2) is 19.3 Å². The topological polar surface area (TPSA) is 111 Å². The Labute approximate surface area is 177 Å². The van der Waals surface area contributed by atoms with Crippen molar-refractivity contribution in [2.45, 2.75) is 11.5 Å². The van der Waals surface area contributed by atoms with E-state index in [2.05, 4.69) is 9.71 Å². The maximum absolute atomic E-state index is 12.7. The lowest BCUT2D eigenvalue weighted by atomic mass is 10.1. The summed E-state index contributed by atoms with van der Waals surface area (Å²) < 4.78 is 33.4. The number of rotatable bonds is 7. The third-order valence-electron chi connectivity index (χ3n) is 3.83. The van der Waals surface area contributed by atoms with Crippen LogP contribution in [0.3, 0.4) is 0 Å². The monoisotopic (exact) mass is 451 g/mol. The number of hydrogen-bond acceptors (Lipinski definition) is 5. The first-order chi connectivity index (χ1) is 13.8. The summed E-state index contributed by atoms with van der Waals surface area (Å²) in [5.41, 5.74) is 6.24. The van der Waals surface area contributed by atoms with Crippen molar-refractivity contribution in [2.75, 3.05) is 4.72 Å². The van der Waals surface area contributed by atoms with E-state index < -0.39 is 15.9 Å². The van der Waals surface area contributed by atoms with E-state index in [0.717, 1.165) is 0 Å². The molecule has 0 unspecified atom stereocenters. The summed E-state index contributed by atoms with van der Waals surface area (Å²) in [5.74, 6) is -0.608. The third kappa shape index (κ3) is 5.17. The number of hydrogen-bond donors (Lipinski definition) is 2. The Morgan fingerprint density at radius 3 is 2.45 bits per heavy atom. The van der Waals surface area contributed by atoms with Gasteiger partial charge in [0, 0.05) is 22.3 Å². The van der Waals surface area contributed by atoms with Gasteiger partial charge in [-0.05, 0) is 36.4 Å². The number of amides is 1. The Morgan fingerprint density at radius 2 is 1.76 bits per heavy atom. The molecule has 0 saturated carbocycles. The molecule has 0 atom stereocenters. The van der Waals surface area contributed by atoms with Gasteiger partial charge in [0.05, 0.1) is 9.92 Å². The predicted molar refractivity (Wildman–Crippen MR) is 111 cm³/mol. The third-order valence-corrected chi connectivity index (χ3v) is 5.67. The first-order valence-corrected chi connectivity index (χ1v) is 10.4. The molecule has 10 heteroatoms. The lowest BCUT2D eigenvalue weighted by Gasteiger charge is -2.14. The highest BCUT2D eigenvalue weighted by Crippen LogP contribution is 2.29. The van der Waals surface area contributed by atoms with Crippen molar-refractivity contribution >= 4 is 44.8 Å². The van der Waals surface area contributed by atoms with Gasteiger partial charge >= 0.3 is 0 Å². The van der Waals surface area contributed by atoms with Crippen molar-refractivity contribution in [3.8, 4) is 5.88 Å². The number of halogens is 2. The second-order valence-electron chi connectivity index (χ2n) is 5.88. The van der Waals surface area contributed by atoms with Crippen LogP contribution >= 0.6 is 23.2 Å². The summed E-state index contributed by atoms with van der Waals surface area (Å²) in [4.78, 5) is 15.6. The van der Waals surface area contributed by atoms with E-state index >= 15 is 0 Å². The van der Waals surface area contributed by atoms with Crippen molar-refractivity contribution in [3.05, 3.63) is 82.0 Å². The molecule has 0 bridgehead atoms. The summed E-state index contributed by atoms with van der Waals surface area (Å²) in [6, 6.07) is 13.7. The summed E-state index contributed by atoms with van der Waals surface area (Å²) in [7, 11) is -3.94. The fourth-order valence-corrected chi connectivity index (χ4v) is 3.80. The Balaban J connectivity index is 1.87. The number of nitrogens with one attached hydrogen (secondary N) is 1. The molecule has 2 aromatic carbocycles. The first kappa shape index (κ1) is 20.9. The Morgan fingerprint density at radius 1 is 1.07 bits per heavy atom. The minimum atomic E-state index is -3.94. The molecule has 3 aromatic rings. The Kier molecular flexibility index (Phi) is 6.26. The maximum atomic E-state index is 12.7. The van der Waals surface area contributed by atoms with Gasteiger partial charge in [-0.25, -0.2) is 13.4 Å². The van der Waals surface area contributed by atoms with Crippen molar-refractivity contribution in [1.82, 2.24) is 4.98 Å². The zero-order chi connectivity index (χ0) is 21.0. The quantitative estimate of drug-likeness (QED) is 0.566. The van der Waals surface area contributed by atoms with E-state index in [1.54, 1.807) is 24.3 Å². The second kappa shape index (κ2) is 8.69. The molecule has 0 saturated heterocycles. The number of nitrogens with zero attached hydrogens (tertiary/aromatic N) is 1. The van der Waals surface area contributed by atoms with Crippen LogP contribution < -0.4 is 15.2 Å². The molecular formula is C19H15Cl2N3O4S. The Hall–Kier alpha value is -2.81. The molecule has 0 radical (unpaired) electrons. The van der Waals surface area contributed by atoms with Crippen LogP contribution in [0.5, 0.6) is 5.88 Å². The van der Waals surface area contributed by atoms with Gasteiger partial charge in [-0.2, -0.15) is 0 Å². The van der Waals surface area contributed by atoms with Gasteiger partial charge in [-0.15, -0.1) is 0 Å². The average molecular weight is 452 g/mol. The second-order valence-corrected chi connectivity index (χ2v) is 8.43. The van der Waals surface area contributed by atoms with Crippen molar-refractivity contribution in [1.29, 1.82) is 0 Å². The number of ether oxygens (including phenoxy) is 1. The molecular weight excluding hydrogens is 437 g/mol. The maximum Gasteiger partial charge on any atom is 0.262 e. The number of anilines is 1. The number of nitrogens with two attached hydrogens (primary N) is 1. The van der Waals surface area contributed by atoms with E-state index in [1.807, 2.05) is 0 Å². The lowest BCUT2D eigenvalue weighted by Crippen LogP contribution is -2.16. The van der Waals surface area contributed by atoms with Crippen molar-refractivity contribution < 1.29 is 17.9 Å². The van der Waals surface area contributed by atoms with Crippen LogP contribution in [0, 0.1) is 0 Å². The molecule has 0 spiro atoms. The Bertz CT molecular complexity index is 1150. The molecule has 29 heavy (non-hydrogen) atoms. The zero-order valence-electron chi connectivity index (χ0n) is 14.8. The van der Waals surface area contributed by atoms with E-state index in [9.17, 15) is 13.2 Å². The molecule has 1 aromatic heterocycles. The molecule has 3 N–H and O–H groups in total. The largest absolute Gasteiger partial charge is 0.471 e. The van der Waals surface area contributed by atoms with Crippen LogP contribution in [0.1, 0.15) is 15.9 Å². The van der Waals surface area contributed by atoms with Crippen LogP contribution in [-0.2, 0) is 16.6 Å². The fraction of sp³-hybridized carbons (Fsp3) is 0.0526.